The Bertz CT molecular complexity index is 381. The molecule has 0 radical (unpaired) electrons. The van der Waals surface area contributed by atoms with Crippen LogP contribution in [0.2, 0.25) is 0 Å². The van der Waals surface area contributed by atoms with Crippen LogP contribution in [0.5, 0.6) is 0 Å². The Morgan fingerprint density at radius 1 is 1.35 bits per heavy atom. The molecule has 5 heteroatoms. The highest BCUT2D eigenvalue weighted by Gasteiger charge is 2.11. The summed E-state index contributed by atoms with van der Waals surface area (Å²) in [6, 6.07) is 9.17. The minimum Gasteiger partial charge on any atom is -0.481 e. The zero-order valence-electron chi connectivity index (χ0n) is 9.55. The molecule has 1 unspecified atom stereocenters. The van der Waals surface area contributed by atoms with Gasteiger partial charge in [0.15, 0.2) is 0 Å². The molecule has 92 valence electrons. The molecule has 4 nitrogen and oxygen atoms in total. The number of aliphatic carboxylic acids is 1. The molecule has 1 aromatic rings. The fourth-order valence-electron chi connectivity index (χ4n) is 1.12. The molecule has 1 atom stereocenters. The first-order valence-corrected chi connectivity index (χ1v) is 6.40. The minimum atomic E-state index is -0.832. The molecule has 1 aromatic carbocycles. The van der Waals surface area contributed by atoms with Crippen molar-refractivity contribution in [1.29, 1.82) is 0 Å². The van der Waals surface area contributed by atoms with Gasteiger partial charge in [0.25, 0.3) is 0 Å². The summed E-state index contributed by atoms with van der Waals surface area (Å²) < 4.78 is 0. The number of carbonyl (C=O) groups excluding carboxylic acids is 1. The molecule has 0 aliphatic rings. The van der Waals surface area contributed by atoms with Crippen molar-refractivity contribution in [3.63, 3.8) is 0 Å². The van der Waals surface area contributed by atoms with Gasteiger partial charge < -0.3 is 10.4 Å². The minimum absolute atomic E-state index is 0.112. The second-order valence-corrected chi connectivity index (χ2v) is 4.70. The van der Waals surface area contributed by atoms with Gasteiger partial charge in [-0.1, -0.05) is 25.1 Å². The monoisotopic (exact) mass is 253 g/mol. The average molecular weight is 253 g/mol. The second-order valence-electron chi connectivity index (χ2n) is 3.67. The quantitative estimate of drug-likeness (QED) is 0.814. The van der Waals surface area contributed by atoms with Gasteiger partial charge in [-0.25, -0.2) is 0 Å². The first-order valence-electron chi connectivity index (χ1n) is 5.25. The second kappa shape index (κ2) is 6.96. The van der Waals surface area contributed by atoms with E-state index in [1.807, 2.05) is 30.3 Å². The molecule has 17 heavy (non-hydrogen) atoms. The normalized spacial score (nSPS) is 11.8. The molecule has 0 heterocycles. The number of carboxylic acids is 1. The van der Waals surface area contributed by atoms with E-state index in [0.717, 1.165) is 5.69 Å². The van der Waals surface area contributed by atoms with Crippen LogP contribution >= 0.6 is 11.8 Å². The average Bonchev–Trinajstić information content (AvgIpc) is 2.30. The third kappa shape index (κ3) is 5.40. The van der Waals surface area contributed by atoms with Crippen molar-refractivity contribution in [2.24, 2.45) is 5.92 Å². The third-order valence-electron chi connectivity index (χ3n) is 2.08. The number of hydrogen-bond acceptors (Lipinski definition) is 3. The topological polar surface area (TPSA) is 66.4 Å². The van der Waals surface area contributed by atoms with E-state index in [-0.39, 0.29) is 11.7 Å². The Balaban J connectivity index is 2.25. The van der Waals surface area contributed by atoms with Crippen LogP contribution in [0.4, 0.5) is 5.69 Å². The Labute approximate surface area is 104 Å². The van der Waals surface area contributed by atoms with Gasteiger partial charge in [-0.15, -0.1) is 0 Å². The van der Waals surface area contributed by atoms with E-state index >= 15 is 0 Å². The molecule has 0 aliphatic heterocycles. The van der Waals surface area contributed by atoms with E-state index < -0.39 is 11.9 Å². The van der Waals surface area contributed by atoms with E-state index in [2.05, 4.69) is 5.32 Å². The molecule has 1 rings (SSSR count). The van der Waals surface area contributed by atoms with Crippen molar-refractivity contribution in [3.8, 4) is 0 Å². The number of hydrogen-bond donors (Lipinski definition) is 2. The summed E-state index contributed by atoms with van der Waals surface area (Å²) in [6.07, 6.45) is 0. The maximum atomic E-state index is 11.5. The lowest BCUT2D eigenvalue weighted by Crippen LogP contribution is -2.17. The molecule has 0 fully saturated rings. The van der Waals surface area contributed by atoms with Crippen molar-refractivity contribution < 1.29 is 14.7 Å². The Morgan fingerprint density at radius 3 is 2.59 bits per heavy atom. The Hall–Kier alpha value is -1.49. The SMILES string of the molecule is CC(CSCC(=O)Nc1ccccc1)C(=O)O. The number of amides is 1. The summed E-state index contributed by atoms with van der Waals surface area (Å²) in [5.41, 5.74) is 0.754. The lowest BCUT2D eigenvalue weighted by molar-refractivity contribution is -0.140. The van der Waals surface area contributed by atoms with Crippen molar-refractivity contribution >= 4 is 29.3 Å². The van der Waals surface area contributed by atoms with Gasteiger partial charge in [0, 0.05) is 11.4 Å². The van der Waals surface area contributed by atoms with E-state index in [1.165, 1.54) is 11.8 Å². The summed E-state index contributed by atoms with van der Waals surface area (Å²) in [7, 11) is 0. The number of rotatable bonds is 6. The molecular formula is C12H15NO3S. The van der Waals surface area contributed by atoms with Crippen molar-refractivity contribution in [2.75, 3.05) is 16.8 Å². The molecule has 0 saturated carbocycles. The molecular weight excluding hydrogens is 238 g/mol. The number of benzene rings is 1. The van der Waals surface area contributed by atoms with Gasteiger partial charge in [-0.05, 0) is 12.1 Å². The summed E-state index contributed by atoms with van der Waals surface area (Å²) in [6.45, 7) is 1.63. The highest BCUT2D eigenvalue weighted by molar-refractivity contribution is 8.00. The highest BCUT2D eigenvalue weighted by atomic mass is 32.2. The van der Waals surface area contributed by atoms with E-state index in [0.29, 0.717) is 5.75 Å². The van der Waals surface area contributed by atoms with E-state index in [4.69, 9.17) is 5.11 Å². The molecule has 0 bridgehead atoms. The molecule has 0 spiro atoms. The maximum absolute atomic E-state index is 11.5. The van der Waals surface area contributed by atoms with Crippen LogP contribution < -0.4 is 5.32 Å². The summed E-state index contributed by atoms with van der Waals surface area (Å²) in [4.78, 5) is 22.0. The molecule has 0 aliphatic carbocycles. The summed E-state index contributed by atoms with van der Waals surface area (Å²) >= 11 is 1.32. The van der Waals surface area contributed by atoms with Gasteiger partial charge in [-0.2, -0.15) is 11.8 Å². The number of para-hydroxylation sites is 1. The lowest BCUT2D eigenvalue weighted by Gasteiger charge is -2.06. The fraction of sp³-hybridized carbons (Fsp3) is 0.333. The van der Waals surface area contributed by atoms with Gasteiger partial charge in [-0.3, -0.25) is 9.59 Å². The van der Waals surface area contributed by atoms with Crippen LogP contribution in [0.25, 0.3) is 0 Å². The van der Waals surface area contributed by atoms with Gasteiger partial charge in [0.05, 0.1) is 11.7 Å². The number of nitrogens with one attached hydrogen (secondary N) is 1. The standard InChI is InChI=1S/C12H15NO3S/c1-9(12(15)16)7-17-8-11(14)13-10-5-3-2-4-6-10/h2-6,9H,7-8H2,1H3,(H,13,14)(H,15,16). The van der Waals surface area contributed by atoms with E-state index in [9.17, 15) is 9.59 Å². The number of carbonyl (C=O) groups is 2. The van der Waals surface area contributed by atoms with Crippen LogP contribution in [0, 0.1) is 5.92 Å². The summed E-state index contributed by atoms with van der Waals surface area (Å²) in [5, 5.41) is 11.4. The summed E-state index contributed by atoms with van der Waals surface area (Å²) in [5.74, 6) is -0.659. The fourth-order valence-corrected chi connectivity index (χ4v) is 1.99. The first kappa shape index (κ1) is 13.6. The van der Waals surface area contributed by atoms with Crippen molar-refractivity contribution in [3.05, 3.63) is 30.3 Å². The van der Waals surface area contributed by atoms with Gasteiger partial charge in [0.1, 0.15) is 0 Å². The maximum Gasteiger partial charge on any atom is 0.307 e. The van der Waals surface area contributed by atoms with E-state index in [1.54, 1.807) is 6.92 Å². The van der Waals surface area contributed by atoms with Crippen LogP contribution in [-0.2, 0) is 9.59 Å². The first-order chi connectivity index (χ1) is 8.09. The van der Waals surface area contributed by atoms with Gasteiger partial charge >= 0.3 is 5.97 Å². The predicted molar refractivity (Wildman–Crippen MR) is 69.2 cm³/mol. The van der Waals surface area contributed by atoms with Crippen molar-refractivity contribution in [1.82, 2.24) is 0 Å². The Kier molecular flexibility index (Phi) is 5.56. The largest absolute Gasteiger partial charge is 0.481 e. The highest BCUT2D eigenvalue weighted by Crippen LogP contribution is 2.10. The zero-order chi connectivity index (χ0) is 12.7. The molecule has 0 saturated heterocycles. The Morgan fingerprint density at radius 2 is 2.00 bits per heavy atom. The van der Waals surface area contributed by atoms with Gasteiger partial charge in [0.2, 0.25) is 5.91 Å². The lowest BCUT2D eigenvalue weighted by atomic mass is 10.2. The molecule has 2 N–H and O–H groups in total. The zero-order valence-corrected chi connectivity index (χ0v) is 10.4. The number of carboxylic acid groups (broad SMARTS) is 1. The predicted octanol–water partition coefficient (Wildman–Crippen LogP) is 2.08. The van der Waals surface area contributed by atoms with Crippen LogP contribution in [0.1, 0.15) is 6.92 Å². The number of thioether (sulfide) groups is 1. The molecule has 1 amide bonds. The van der Waals surface area contributed by atoms with Crippen molar-refractivity contribution in [2.45, 2.75) is 6.92 Å². The molecule has 0 aromatic heterocycles. The van der Waals surface area contributed by atoms with Crippen LogP contribution in [-0.4, -0.2) is 28.5 Å². The number of anilines is 1. The smallest absolute Gasteiger partial charge is 0.307 e. The van der Waals surface area contributed by atoms with Crippen LogP contribution in [0.3, 0.4) is 0 Å². The third-order valence-corrected chi connectivity index (χ3v) is 3.28. The van der Waals surface area contributed by atoms with Crippen LogP contribution in [0.15, 0.2) is 30.3 Å².